The number of likely N-dealkylation sites (tertiary alicyclic amines) is 1. The number of rotatable bonds is 6. The average Bonchev–Trinajstić information content (AvgIpc) is 2.81. The number of amides is 3. The summed E-state index contributed by atoms with van der Waals surface area (Å²) >= 11 is 0. The molecule has 10 heteroatoms. The first kappa shape index (κ1) is 23.0. The van der Waals surface area contributed by atoms with Crippen molar-refractivity contribution < 1.29 is 27.9 Å². The molecule has 1 fully saturated rings. The molecule has 8 nitrogen and oxygen atoms in total. The van der Waals surface area contributed by atoms with Gasteiger partial charge in [-0.05, 0) is 49.2 Å². The number of carbonyl (C=O) groups is 3. The van der Waals surface area contributed by atoms with Crippen molar-refractivity contribution >= 4 is 23.4 Å². The van der Waals surface area contributed by atoms with Crippen LogP contribution in [0.25, 0.3) is 0 Å². The Morgan fingerprint density at radius 1 is 1.03 bits per heavy atom. The van der Waals surface area contributed by atoms with Gasteiger partial charge in [0.15, 0.2) is 0 Å². The SMILES string of the molecule is COc1ccc(NCC(=O)NNC(=O)C2CCN(C(=O)c3ccc(F)cc3F)CC2)cc1. The van der Waals surface area contributed by atoms with Gasteiger partial charge in [-0.2, -0.15) is 0 Å². The zero-order chi connectivity index (χ0) is 23.1. The third kappa shape index (κ3) is 5.93. The second kappa shape index (κ2) is 10.6. The van der Waals surface area contributed by atoms with Crippen LogP contribution in [0.5, 0.6) is 5.75 Å². The highest BCUT2D eigenvalue weighted by Crippen LogP contribution is 2.20. The fourth-order valence-electron chi connectivity index (χ4n) is 3.35. The summed E-state index contributed by atoms with van der Waals surface area (Å²) in [6.07, 6.45) is 0.723. The first-order valence-corrected chi connectivity index (χ1v) is 10.1. The Balaban J connectivity index is 1.40. The van der Waals surface area contributed by atoms with Gasteiger partial charge < -0.3 is 15.0 Å². The van der Waals surface area contributed by atoms with Crippen LogP contribution in [0.4, 0.5) is 14.5 Å². The van der Waals surface area contributed by atoms with Crippen molar-refractivity contribution in [2.75, 3.05) is 32.1 Å². The maximum Gasteiger partial charge on any atom is 0.257 e. The van der Waals surface area contributed by atoms with E-state index in [1.54, 1.807) is 31.4 Å². The van der Waals surface area contributed by atoms with E-state index >= 15 is 0 Å². The van der Waals surface area contributed by atoms with Crippen LogP contribution in [0.2, 0.25) is 0 Å². The number of hydrogen-bond donors (Lipinski definition) is 3. The number of piperidine rings is 1. The quantitative estimate of drug-likeness (QED) is 0.590. The molecule has 0 bridgehead atoms. The molecule has 0 atom stereocenters. The van der Waals surface area contributed by atoms with E-state index in [9.17, 15) is 23.2 Å². The van der Waals surface area contributed by atoms with Crippen LogP contribution < -0.4 is 20.9 Å². The number of ether oxygens (including phenoxy) is 1. The van der Waals surface area contributed by atoms with Gasteiger partial charge in [0.2, 0.25) is 5.91 Å². The zero-order valence-corrected chi connectivity index (χ0v) is 17.5. The van der Waals surface area contributed by atoms with Crippen LogP contribution in [0.15, 0.2) is 42.5 Å². The van der Waals surface area contributed by atoms with Gasteiger partial charge in [-0.25, -0.2) is 8.78 Å². The number of anilines is 1. The minimum absolute atomic E-state index is 0.0389. The van der Waals surface area contributed by atoms with Gasteiger partial charge in [-0.3, -0.25) is 25.2 Å². The summed E-state index contributed by atoms with van der Waals surface area (Å²) in [5.41, 5.74) is 5.27. The van der Waals surface area contributed by atoms with Crippen molar-refractivity contribution in [1.82, 2.24) is 15.8 Å². The lowest BCUT2D eigenvalue weighted by Gasteiger charge is -2.31. The van der Waals surface area contributed by atoms with E-state index in [1.165, 1.54) is 4.90 Å². The Bertz CT molecular complexity index is 976. The molecule has 1 aliphatic heterocycles. The summed E-state index contributed by atoms with van der Waals surface area (Å²) in [4.78, 5) is 38.1. The molecule has 0 spiro atoms. The highest BCUT2D eigenvalue weighted by atomic mass is 19.1. The molecular weight excluding hydrogens is 422 g/mol. The number of nitrogens with zero attached hydrogens (tertiary/aromatic N) is 1. The highest BCUT2D eigenvalue weighted by Gasteiger charge is 2.29. The Hall–Kier alpha value is -3.69. The van der Waals surface area contributed by atoms with Crippen LogP contribution in [-0.4, -0.2) is 49.4 Å². The number of methoxy groups -OCH3 is 1. The molecule has 0 saturated carbocycles. The van der Waals surface area contributed by atoms with E-state index in [4.69, 9.17) is 4.74 Å². The second-order valence-corrected chi connectivity index (χ2v) is 7.31. The number of halogens is 2. The van der Waals surface area contributed by atoms with Crippen LogP contribution in [-0.2, 0) is 9.59 Å². The molecule has 0 radical (unpaired) electrons. The molecule has 1 aliphatic rings. The Morgan fingerprint density at radius 2 is 1.72 bits per heavy atom. The normalized spacial score (nSPS) is 13.9. The summed E-state index contributed by atoms with van der Waals surface area (Å²) in [7, 11) is 1.56. The minimum atomic E-state index is -0.916. The van der Waals surface area contributed by atoms with Gasteiger partial charge in [0.25, 0.3) is 11.8 Å². The van der Waals surface area contributed by atoms with E-state index in [1.807, 2.05) is 0 Å². The molecule has 2 aromatic carbocycles. The third-order valence-corrected chi connectivity index (χ3v) is 5.18. The van der Waals surface area contributed by atoms with Crippen LogP contribution >= 0.6 is 0 Å². The standard InChI is InChI=1S/C22H24F2N4O4/c1-32-17-5-3-16(4-6-17)25-13-20(29)26-27-21(30)14-8-10-28(11-9-14)22(31)18-7-2-15(23)12-19(18)24/h2-7,12,14,25H,8-11,13H2,1H3,(H,26,29)(H,27,30). The molecule has 0 aromatic heterocycles. The Kier molecular flexibility index (Phi) is 7.58. The zero-order valence-electron chi connectivity index (χ0n) is 17.5. The van der Waals surface area contributed by atoms with Crippen molar-refractivity contribution in [3.05, 3.63) is 59.7 Å². The van der Waals surface area contributed by atoms with E-state index in [0.29, 0.717) is 24.7 Å². The largest absolute Gasteiger partial charge is 0.497 e. The number of hydrazine groups is 1. The van der Waals surface area contributed by atoms with E-state index in [2.05, 4.69) is 16.2 Å². The van der Waals surface area contributed by atoms with Gasteiger partial charge in [0.05, 0.1) is 19.2 Å². The fraction of sp³-hybridized carbons (Fsp3) is 0.318. The van der Waals surface area contributed by atoms with Crippen LogP contribution in [0.3, 0.4) is 0 Å². The molecule has 1 saturated heterocycles. The second-order valence-electron chi connectivity index (χ2n) is 7.31. The van der Waals surface area contributed by atoms with Crippen molar-refractivity contribution in [3.63, 3.8) is 0 Å². The lowest BCUT2D eigenvalue weighted by molar-refractivity contribution is -0.131. The van der Waals surface area contributed by atoms with Gasteiger partial charge in [-0.1, -0.05) is 0 Å². The summed E-state index contributed by atoms with van der Waals surface area (Å²) in [5, 5.41) is 2.92. The summed E-state index contributed by atoms with van der Waals surface area (Å²) in [6.45, 7) is 0.463. The molecule has 170 valence electrons. The maximum absolute atomic E-state index is 13.8. The molecule has 0 aliphatic carbocycles. The third-order valence-electron chi connectivity index (χ3n) is 5.18. The monoisotopic (exact) mass is 446 g/mol. The average molecular weight is 446 g/mol. The molecule has 1 heterocycles. The van der Waals surface area contributed by atoms with Crippen LogP contribution in [0.1, 0.15) is 23.2 Å². The molecule has 0 unspecified atom stereocenters. The van der Waals surface area contributed by atoms with Crippen molar-refractivity contribution in [2.24, 2.45) is 5.92 Å². The predicted octanol–water partition coefficient (Wildman–Crippen LogP) is 2.09. The lowest BCUT2D eigenvalue weighted by atomic mass is 9.95. The predicted molar refractivity (Wildman–Crippen MR) is 113 cm³/mol. The van der Waals surface area contributed by atoms with Gasteiger partial charge in [0.1, 0.15) is 17.4 Å². The van der Waals surface area contributed by atoms with Crippen molar-refractivity contribution in [3.8, 4) is 5.75 Å². The van der Waals surface area contributed by atoms with Gasteiger partial charge >= 0.3 is 0 Å². The van der Waals surface area contributed by atoms with Crippen molar-refractivity contribution in [1.29, 1.82) is 0 Å². The van der Waals surface area contributed by atoms with Gasteiger partial charge in [0, 0.05) is 30.8 Å². The minimum Gasteiger partial charge on any atom is -0.497 e. The highest BCUT2D eigenvalue weighted by molar-refractivity contribution is 5.94. The maximum atomic E-state index is 13.8. The Morgan fingerprint density at radius 3 is 2.34 bits per heavy atom. The number of hydrogen-bond acceptors (Lipinski definition) is 5. The summed E-state index contributed by atoms with van der Waals surface area (Å²) in [5.74, 6) is -2.69. The number of benzene rings is 2. The van der Waals surface area contributed by atoms with E-state index in [-0.39, 0.29) is 31.1 Å². The summed E-state index contributed by atoms with van der Waals surface area (Å²) < 4.78 is 31.9. The summed E-state index contributed by atoms with van der Waals surface area (Å²) in [6, 6.07) is 9.84. The smallest absolute Gasteiger partial charge is 0.257 e. The molecule has 32 heavy (non-hydrogen) atoms. The number of carbonyl (C=O) groups excluding carboxylic acids is 3. The fourth-order valence-corrected chi connectivity index (χ4v) is 3.35. The number of nitrogens with one attached hydrogen (secondary N) is 3. The molecule has 3 amide bonds. The van der Waals surface area contributed by atoms with Crippen molar-refractivity contribution in [2.45, 2.75) is 12.8 Å². The van der Waals surface area contributed by atoms with E-state index < -0.39 is 29.4 Å². The Labute approximate surface area is 183 Å². The first-order chi connectivity index (χ1) is 15.4. The molecular formula is C22H24F2N4O4. The van der Waals surface area contributed by atoms with Gasteiger partial charge in [-0.15, -0.1) is 0 Å². The first-order valence-electron chi connectivity index (χ1n) is 10.1. The molecule has 2 aromatic rings. The molecule has 3 rings (SSSR count). The lowest BCUT2D eigenvalue weighted by Crippen LogP contribution is -2.49. The van der Waals surface area contributed by atoms with Crippen LogP contribution in [0, 0.1) is 17.6 Å². The molecule has 3 N–H and O–H groups in total. The topological polar surface area (TPSA) is 99.8 Å². The van der Waals surface area contributed by atoms with E-state index in [0.717, 1.165) is 17.8 Å².